The van der Waals surface area contributed by atoms with Gasteiger partial charge in [-0.15, -0.1) is 0 Å². The summed E-state index contributed by atoms with van der Waals surface area (Å²) in [5, 5.41) is 0. The zero-order valence-electron chi connectivity index (χ0n) is 7.60. The molecule has 2 N–H and O–H groups in total. The van der Waals surface area contributed by atoms with Gasteiger partial charge in [0.15, 0.2) is 0 Å². The van der Waals surface area contributed by atoms with Gasteiger partial charge in [-0.2, -0.15) is 0 Å². The molecule has 1 aliphatic carbocycles. The Morgan fingerprint density at radius 3 is 2.36 bits per heavy atom. The summed E-state index contributed by atoms with van der Waals surface area (Å²) in [6, 6.07) is 0. The largest absolute Gasteiger partial charge is 0.372 e. The van der Waals surface area contributed by atoms with E-state index in [0.29, 0.717) is 6.10 Å². The molecular formula is C9H19NO. The summed E-state index contributed by atoms with van der Waals surface area (Å²) in [5.41, 5.74) is 5.69. The van der Waals surface area contributed by atoms with Crippen molar-refractivity contribution in [2.75, 3.05) is 6.54 Å². The highest BCUT2D eigenvalue weighted by Gasteiger charge is 2.37. The van der Waals surface area contributed by atoms with Crippen LogP contribution in [0.15, 0.2) is 0 Å². The van der Waals surface area contributed by atoms with Gasteiger partial charge in [0.05, 0.1) is 11.7 Å². The first kappa shape index (κ1) is 9.01. The number of hydrogen-bond acceptors (Lipinski definition) is 2. The van der Waals surface area contributed by atoms with E-state index in [2.05, 4.69) is 13.8 Å². The van der Waals surface area contributed by atoms with E-state index in [9.17, 15) is 0 Å². The number of rotatable bonds is 4. The molecule has 0 aromatic rings. The summed E-state index contributed by atoms with van der Waals surface area (Å²) >= 11 is 0. The van der Waals surface area contributed by atoms with Crippen molar-refractivity contribution in [2.45, 2.75) is 51.2 Å². The first-order valence-electron chi connectivity index (χ1n) is 4.56. The lowest BCUT2D eigenvalue weighted by Gasteiger charge is -2.43. The molecule has 1 rings (SSSR count). The van der Waals surface area contributed by atoms with Crippen molar-refractivity contribution in [3.63, 3.8) is 0 Å². The molecule has 66 valence electrons. The molecule has 11 heavy (non-hydrogen) atoms. The van der Waals surface area contributed by atoms with Crippen LogP contribution in [0.1, 0.15) is 39.5 Å². The van der Waals surface area contributed by atoms with Crippen molar-refractivity contribution in [1.82, 2.24) is 0 Å². The maximum atomic E-state index is 5.83. The molecule has 2 heteroatoms. The van der Waals surface area contributed by atoms with Crippen LogP contribution in [-0.4, -0.2) is 18.2 Å². The van der Waals surface area contributed by atoms with Crippen molar-refractivity contribution in [3.05, 3.63) is 0 Å². The second-order valence-electron chi connectivity index (χ2n) is 3.74. The average molecular weight is 157 g/mol. The Labute approximate surface area is 69.1 Å². The molecule has 0 atom stereocenters. The summed E-state index contributed by atoms with van der Waals surface area (Å²) in [4.78, 5) is 0. The summed E-state index contributed by atoms with van der Waals surface area (Å²) < 4.78 is 5.83. The molecule has 0 aromatic carbocycles. The van der Waals surface area contributed by atoms with Gasteiger partial charge >= 0.3 is 0 Å². The lowest BCUT2D eigenvalue weighted by molar-refractivity contribution is -0.131. The summed E-state index contributed by atoms with van der Waals surface area (Å²) in [6.07, 6.45) is 5.12. The second kappa shape index (κ2) is 3.55. The van der Waals surface area contributed by atoms with E-state index in [4.69, 9.17) is 10.5 Å². The molecule has 0 saturated heterocycles. The molecule has 0 heterocycles. The van der Waals surface area contributed by atoms with Gasteiger partial charge in [0.25, 0.3) is 0 Å². The molecule has 0 bridgehead atoms. The van der Waals surface area contributed by atoms with Crippen LogP contribution in [0, 0.1) is 0 Å². The fraction of sp³-hybridized carbons (Fsp3) is 1.00. The maximum absolute atomic E-state index is 5.83. The number of ether oxygens (including phenoxy) is 1. The van der Waals surface area contributed by atoms with Crippen LogP contribution in [0.3, 0.4) is 0 Å². The van der Waals surface area contributed by atoms with Gasteiger partial charge in [0.2, 0.25) is 0 Å². The van der Waals surface area contributed by atoms with Crippen LogP contribution in [0.2, 0.25) is 0 Å². The number of nitrogens with two attached hydrogens (primary N) is 1. The molecule has 1 saturated carbocycles. The van der Waals surface area contributed by atoms with E-state index in [1.54, 1.807) is 0 Å². The Hall–Kier alpha value is -0.0800. The average Bonchev–Trinajstić information content (AvgIpc) is 1.82. The molecule has 0 radical (unpaired) electrons. The molecule has 0 aliphatic heterocycles. The highest BCUT2D eigenvalue weighted by atomic mass is 16.5. The zero-order valence-corrected chi connectivity index (χ0v) is 7.60. The van der Waals surface area contributed by atoms with E-state index >= 15 is 0 Å². The maximum Gasteiger partial charge on any atom is 0.0698 e. The van der Waals surface area contributed by atoms with Crippen molar-refractivity contribution in [2.24, 2.45) is 5.73 Å². The van der Waals surface area contributed by atoms with Gasteiger partial charge in [-0.05, 0) is 46.1 Å². The van der Waals surface area contributed by atoms with Crippen molar-refractivity contribution in [3.8, 4) is 0 Å². The minimum Gasteiger partial charge on any atom is -0.372 e. The van der Waals surface area contributed by atoms with Crippen molar-refractivity contribution in [1.29, 1.82) is 0 Å². The van der Waals surface area contributed by atoms with Gasteiger partial charge in [-0.1, -0.05) is 0 Å². The highest BCUT2D eigenvalue weighted by molar-refractivity contribution is 4.90. The van der Waals surface area contributed by atoms with Crippen LogP contribution in [0.4, 0.5) is 0 Å². The third-order valence-electron chi connectivity index (χ3n) is 2.35. The standard InChI is InChI=1S/C9H19NO/c1-8(2)11-9(6-7-10)4-3-5-9/h8H,3-7,10H2,1-2H3. The van der Waals surface area contributed by atoms with E-state index in [1.165, 1.54) is 19.3 Å². The monoisotopic (exact) mass is 157 g/mol. The van der Waals surface area contributed by atoms with Gasteiger partial charge in [0.1, 0.15) is 0 Å². The quantitative estimate of drug-likeness (QED) is 0.674. The summed E-state index contributed by atoms with van der Waals surface area (Å²) in [7, 11) is 0. The van der Waals surface area contributed by atoms with E-state index < -0.39 is 0 Å². The zero-order chi connectivity index (χ0) is 8.32. The fourth-order valence-corrected chi connectivity index (χ4v) is 1.76. The van der Waals surface area contributed by atoms with Crippen molar-refractivity contribution < 1.29 is 4.74 Å². The minimum atomic E-state index is 0.170. The molecule has 0 spiro atoms. The van der Waals surface area contributed by atoms with E-state index in [-0.39, 0.29) is 5.60 Å². The normalized spacial score (nSPS) is 21.8. The SMILES string of the molecule is CC(C)OC1(CCN)CCC1. The van der Waals surface area contributed by atoms with Gasteiger partial charge in [-0.25, -0.2) is 0 Å². The Kier molecular flexibility index (Phi) is 2.90. The highest BCUT2D eigenvalue weighted by Crippen LogP contribution is 2.38. The predicted molar refractivity (Wildman–Crippen MR) is 46.5 cm³/mol. The summed E-state index contributed by atoms with van der Waals surface area (Å²) in [6.45, 7) is 4.94. The van der Waals surface area contributed by atoms with Crippen LogP contribution in [-0.2, 0) is 4.74 Å². The molecule has 1 aliphatic rings. The lowest BCUT2D eigenvalue weighted by atomic mass is 9.77. The second-order valence-corrected chi connectivity index (χ2v) is 3.74. The number of hydrogen-bond donors (Lipinski definition) is 1. The molecule has 1 fully saturated rings. The van der Waals surface area contributed by atoms with Crippen molar-refractivity contribution >= 4 is 0 Å². The van der Waals surface area contributed by atoms with Gasteiger partial charge in [0, 0.05) is 0 Å². The van der Waals surface area contributed by atoms with Crippen LogP contribution in [0.5, 0.6) is 0 Å². The molecule has 0 amide bonds. The first-order valence-corrected chi connectivity index (χ1v) is 4.56. The Bertz CT molecular complexity index is 119. The smallest absolute Gasteiger partial charge is 0.0698 e. The van der Waals surface area contributed by atoms with Crippen LogP contribution in [0.25, 0.3) is 0 Å². The van der Waals surface area contributed by atoms with E-state index in [1.807, 2.05) is 0 Å². The lowest BCUT2D eigenvalue weighted by Crippen LogP contribution is -2.43. The Morgan fingerprint density at radius 1 is 1.45 bits per heavy atom. The summed E-state index contributed by atoms with van der Waals surface area (Å²) in [5.74, 6) is 0. The molecule has 2 nitrogen and oxygen atoms in total. The third kappa shape index (κ3) is 2.17. The molecular weight excluding hydrogens is 138 g/mol. The fourth-order valence-electron chi connectivity index (χ4n) is 1.76. The topological polar surface area (TPSA) is 35.2 Å². The third-order valence-corrected chi connectivity index (χ3v) is 2.35. The predicted octanol–water partition coefficient (Wildman–Crippen LogP) is 1.68. The first-order chi connectivity index (χ1) is 5.18. The van der Waals surface area contributed by atoms with Gasteiger partial charge < -0.3 is 10.5 Å². The molecule has 0 aromatic heterocycles. The van der Waals surface area contributed by atoms with E-state index in [0.717, 1.165) is 13.0 Å². The van der Waals surface area contributed by atoms with Gasteiger partial charge in [-0.3, -0.25) is 0 Å². The Balaban J connectivity index is 2.33. The van der Waals surface area contributed by atoms with Crippen LogP contribution >= 0.6 is 0 Å². The molecule has 0 unspecified atom stereocenters. The Morgan fingerprint density at radius 2 is 2.09 bits per heavy atom. The minimum absolute atomic E-state index is 0.170. The van der Waals surface area contributed by atoms with Crippen LogP contribution < -0.4 is 5.73 Å².